The standard InChI is InChI=1S/C13H14BrN3O2/c1-8-5-10(3-4-11(8)14)16-13(18)7-15-12-6-9(2)19-17-12/h3-6H,7H2,1-2H3,(H,15,17)(H,16,18). The number of hydrogen-bond acceptors (Lipinski definition) is 4. The molecule has 0 saturated carbocycles. The Morgan fingerprint density at radius 3 is 2.79 bits per heavy atom. The second-order valence-corrected chi connectivity index (χ2v) is 5.04. The summed E-state index contributed by atoms with van der Waals surface area (Å²) in [6.07, 6.45) is 0. The molecular formula is C13H14BrN3O2. The fourth-order valence-corrected chi connectivity index (χ4v) is 1.79. The highest BCUT2D eigenvalue weighted by atomic mass is 79.9. The molecular weight excluding hydrogens is 310 g/mol. The fourth-order valence-electron chi connectivity index (χ4n) is 1.55. The molecule has 1 amide bonds. The number of aromatic nitrogens is 1. The molecule has 2 aromatic rings. The van der Waals surface area contributed by atoms with Crippen molar-refractivity contribution in [2.45, 2.75) is 13.8 Å². The van der Waals surface area contributed by atoms with Crippen molar-refractivity contribution in [1.29, 1.82) is 0 Å². The summed E-state index contributed by atoms with van der Waals surface area (Å²) in [5.74, 6) is 1.12. The largest absolute Gasteiger partial charge is 0.360 e. The summed E-state index contributed by atoms with van der Waals surface area (Å²) in [5.41, 5.74) is 1.83. The molecule has 0 atom stereocenters. The molecule has 2 N–H and O–H groups in total. The van der Waals surface area contributed by atoms with Gasteiger partial charge in [0.15, 0.2) is 5.82 Å². The van der Waals surface area contributed by atoms with Crippen molar-refractivity contribution in [3.63, 3.8) is 0 Å². The normalized spacial score (nSPS) is 10.3. The second-order valence-electron chi connectivity index (χ2n) is 4.19. The number of nitrogens with zero attached hydrogens (tertiary/aromatic N) is 1. The number of nitrogens with one attached hydrogen (secondary N) is 2. The molecule has 0 radical (unpaired) electrons. The van der Waals surface area contributed by atoms with Gasteiger partial charge in [0.25, 0.3) is 0 Å². The van der Waals surface area contributed by atoms with Gasteiger partial charge in [-0.1, -0.05) is 21.1 Å². The van der Waals surface area contributed by atoms with Gasteiger partial charge in [-0.3, -0.25) is 4.79 Å². The van der Waals surface area contributed by atoms with Gasteiger partial charge in [-0.25, -0.2) is 0 Å². The molecule has 2 rings (SSSR count). The number of anilines is 2. The first-order valence-corrected chi connectivity index (χ1v) is 6.57. The smallest absolute Gasteiger partial charge is 0.243 e. The third-order valence-corrected chi connectivity index (χ3v) is 3.39. The first-order chi connectivity index (χ1) is 9.04. The van der Waals surface area contributed by atoms with Gasteiger partial charge in [0.2, 0.25) is 5.91 Å². The Bertz CT molecular complexity index is 595. The number of amides is 1. The van der Waals surface area contributed by atoms with E-state index >= 15 is 0 Å². The zero-order valence-electron chi connectivity index (χ0n) is 10.7. The first-order valence-electron chi connectivity index (χ1n) is 5.78. The van der Waals surface area contributed by atoms with Gasteiger partial charge in [0, 0.05) is 16.2 Å². The number of halogens is 1. The minimum atomic E-state index is -0.137. The molecule has 19 heavy (non-hydrogen) atoms. The molecule has 0 spiro atoms. The monoisotopic (exact) mass is 323 g/mol. The van der Waals surface area contributed by atoms with Gasteiger partial charge < -0.3 is 15.2 Å². The van der Waals surface area contributed by atoms with E-state index in [2.05, 4.69) is 31.7 Å². The van der Waals surface area contributed by atoms with Crippen LogP contribution >= 0.6 is 15.9 Å². The van der Waals surface area contributed by atoms with Crippen LogP contribution in [0, 0.1) is 13.8 Å². The van der Waals surface area contributed by atoms with E-state index in [0.717, 1.165) is 15.7 Å². The quantitative estimate of drug-likeness (QED) is 0.907. The van der Waals surface area contributed by atoms with Crippen LogP contribution in [0.5, 0.6) is 0 Å². The van der Waals surface area contributed by atoms with Crippen molar-refractivity contribution in [3.8, 4) is 0 Å². The third-order valence-electron chi connectivity index (χ3n) is 2.50. The lowest BCUT2D eigenvalue weighted by atomic mass is 10.2. The lowest BCUT2D eigenvalue weighted by Crippen LogP contribution is -2.21. The average molecular weight is 324 g/mol. The predicted octanol–water partition coefficient (Wildman–Crippen LogP) is 3.10. The predicted molar refractivity (Wildman–Crippen MR) is 77.2 cm³/mol. The van der Waals surface area contributed by atoms with E-state index in [-0.39, 0.29) is 12.5 Å². The van der Waals surface area contributed by atoms with E-state index in [0.29, 0.717) is 11.6 Å². The number of carbonyl (C=O) groups is 1. The summed E-state index contributed by atoms with van der Waals surface area (Å²) in [6, 6.07) is 7.38. The Hall–Kier alpha value is -1.82. The summed E-state index contributed by atoms with van der Waals surface area (Å²) in [5, 5.41) is 9.44. The van der Waals surface area contributed by atoms with Crippen LogP contribution in [-0.4, -0.2) is 17.6 Å². The summed E-state index contributed by atoms with van der Waals surface area (Å²) >= 11 is 3.42. The van der Waals surface area contributed by atoms with Crippen LogP contribution in [0.15, 0.2) is 33.3 Å². The molecule has 0 bridgehead atoms. The van der Waals surface area contributed by atoms with Gasteiger partial charge in [-0.2, -0.15) is 0 Å². The number of hydrogen-bond donors (Lipinski definition) is 2. The Morgan fingerprint density at radius 2 is 2.16 bits per heavy atom. The topological polar surface area (TPSA) is 67.2 Å². The number of carbonyl (C=O) groups excluding carboxylic acids is 1. The Labute approximate surface area is 119 Å². The fraction of sp³-hybridized carbons (Fsp3) is 0.231. The number of benzene rings is 1. The van der Waals surface area contributed by atoms with Gasteiger partial charge in [0.1, 0.15) is 5.76 Å². The van der Waals surface area contributed by atoms with Crippen molar-refractivity contribution in [1.82, 2.24) is 5.16 Å². The van der Waals surface area contributed by atoms with Crippen molar-refractivity contribution in [2.24, 2.45) is 0 Å². The molecule has 0 unspecified atom stereocenters. The van der Waals surface area contributed by atoms with Crippen molar-refractivity contribution in [2.75, 3.05) is 17.2 Å². The summed E-state index contributed by atoms with van der Waals surface area (Å²) < 4.78 is 5.91. The molecule has 1 aromatic heterocycles. The van der Waals surface area contributed by atoms with Gasteiger partial charge in [-0.05, 0) is 37.6 Å². The van der Waals surface area contributed by atoms with Crippen molar-refractivity contribution < 1.29 is 9.32 Å². The second kappa shape index (κ2) is 5.88. The van der Waals surface area contributed by atoms with E-state index in [1.807, 2.05) is 25.1 Å². The minimum absolute atomic E-state index is 0.137. The minimum Gasteiger partial charge on any atom is -0.360 e. The lowest BCUT2D eigenvalue weighted by molar-refractivity contribution is -0.114. The number of rotatable bonds is 4. The van der Waals surface area contributed by atoms with Crippen LogP contribution in [0.1, 0.15) is 11.3 Å². The highest BCUT2D eigenvalue weighted by Gasteiger charge is 2.05. The van der Waals surface area contributed by atoms with Crippen LogP contribution in [0.4, 0.5) is 11.5 Å². The van der Waals surface area contributed by atoms with E-state index in [1.54, 1.807) is 13.0 Å². The molecule has 0 fully saturated rings. The van der Waals surface area contributed by atoms with Crippen LogP contribution in [0.3, 0.4) is 0 Å². The van der Waals surface area contributed by atoms with Gasteiger partial charge in [0.05, 0.1) is 6.54 Å². The van der Waals surface area contributed by atoms with Crippen LogP contribution < -0.4 is 10.6 Å². The Balaban J connectivity index is 1.88. The molecule has 0 aliphatic carbocycles. The van der Waals surface area contributed by atoms with Crippen LogP contribution in [0.25, 0.3) is 0 Å². The summed E-state index contributed by atoms with van der Waals surface area (Å²) in [6.45, 7) is 3.90. The Morgan fingerprint density at radius 1 is 1.37 bits per heavy atom. The maximum Gasteiger partial charge on any atom is 0.243 e. The Kier molecular flexibility index (Phi) is 4.21. The van der Waals surface area contributed by atoms with E-state index in [9.17, 15) is 4.79 Å². The van der Waals surface area contributed by atoms with E-state index < -0.39 is 0 Å². The molecule has 1 aromatic carbocycles. The zero-order chi connectivity index (χ0) is 13.8. The molecule has 100 valence electrons. The van der Waals surface area contributed by atoms with Crippen molar-refractivity contribution in [3.05, 3.63) is 40.1 Å². The van der Waals surface area contributed by atoms with Crippen LogP contribution in [0.2, 0.25) is 0 Å². The maximum absolute atomic E-state index is 11.7. The molecule has 5 nitrogen and oxygen atoms in total. The molecule has 0 aliphatic rings. The zero-order valence-corrected chi connectivity index (χ0v) is 12.2. The number of aryl methyl sites for hydroxylation is 2. The van der Waals surface area contributed by atoms with E-state index in [1.165, 1.54) is 0 Å². The highest BCUT2D eigenvalue weighted by Crippen LogP contribution is 2.19. The SMILES string of the molecule is Cc1cc(NCC(=O)Nc2ccc(Br)c(C)c2)no1. The lowest BCUT2D eigenvalue weighted by Gasteiger charge is -2.07. The van der Waals surface area contributed by atoms with Gasteiger partial charge in [-0.15, -0.1) is 0 Å². The third kappa shape index (κ3) is 3.82. The van der Waals surface area contributed by atoms with Gasteiger partial charge >= 0.3 is 0 Å². The molecule has 0 aliphatic heterocycles. The molecule has 0 saturated heterocycles. The molecule has 1 heterocycles. The molecule has 6 heteroatoms. The summed E-state index contributed by atoms with van der Waals surface area (Å²) in [4.78, 5) is 11.7. The average Bonchev–Trinajstić information content (AvgIpc) is 2.77. The maximum atomic E-state index is 11.7. The first kappa shape index (κ1) is 13.6. The van der Waals surface area contributed by atoms with E-state index in [4.69, 9.17) is 4.52 Å². The highest BCUT2D eigenvalue weighted by molar-refractivity contribution is 9.10. The summed E-state index contributed by atoms with van der Waals surface area (Å²) in [7, 11) is 0. The van der Waals surface area contributed by atoms with Crippen molar-refractivity contribution >= 4 is 33.3 Å². The van der Waals surface area contributed by atoms with Crippen LogP contribution in [-0.2, 0) is 4.79 Å².